The maximum absolute atomic E-state index is 2.52. The van der Waals surface area contributed by atoms with Gasteiger partial charge in [0.15, 0.2) is 0 Å². The Bertz CT molecular complexity index is 2420. The molecule has 3 aliphatic carbocycles. The molecule has 1 nitrogen and oxygen atoms in total. The highest BCUT2D eigenvalue weighted by molar-refractivity contribution is 5.98. The van der Waals surface area contributed by atoms with Crippen molar-refractivity contribution in [1.82, 2.24) is 0 Å². The molecule has 0 spiro atoms. The van der Waals surface area contributed by atoms with E-state index in [1.807, 2.05) is 0 Å². The van der Waals surface area contributed by atoms with Crippen molar-refractivity contribution in [2.45, 2.75) is 23.7 Å². The fourth-order valence-electron chi connectivity index (χ4n) is 9.69. The summed E-state index contributed by atoms with van der Waals surface area (Å²) in [6.07, 6.45) is 4.51. The summed E-state index contributed by atoms with van der Waals surface area (Å²) >= 11 is 0. The van der Waals surface area contributed by atoms with Gasteiger partial charge in [-0.3, -0.25) is 0 Å². The highest BCUT2D eigenvalue weighted by Gasteiger charge is 2.59. The third-order valence-corrected chi connectivity index (χ3v) is 11.5. The summed E-state index contributed by atoms with van der Waals surface area (Å²) in [5.74, 6) is 0. The van der Waals surface area contributed by atoms with Crippen molar-refractivity contribution in [2.75, 3.05) is 4.90 Å². The molecule has 2 unspecified atom stereocenters. The number of hydrogen-bond donors (Lipinski definition) is 0. The fraction of sp³-hybridized carbons (Fsp3) is 0.0800. The van der Waals surface area contributed by atoms with Crippen LogP contribution in [0.1, 0.15) is 51.8 Å². The lowest BCUT2D eigenvalue weighted by atomic mass is 9.50. The van der Waals surface area contributed by atoms with Gasteiger partial charge in [-0.05, 0) is 105 Å². The number of benzene rings is 7. The van der Waals surface area contributed by atoms with E-state index in [4.69, 9.17) is 0 Å². The van der Waals surface area contributed by atoms with Crippen molar-refractivity contribution in [3.63, 3.8) is 0 Å². The van der Waals surface area contributed by atoms with Crippen LogP contribution >= 0.6 is 0 Å². The molecular formula is C50H37N. The largest absolute Gasteiger partial charge is 0.310 e. The molecule has 3 aliphatic rings. The van der Waals surface area contributed by atoms with Crippen LogP contribution in [-0.2, 0) is 10.8 Å². The Hall–Kier alpha value is -6.18. The van der Waals surface area contributed by atoms with Crippen LogP contribution in [0.5, 0.6) is 0 Å². The maximum Gasteiger partial charge on any atom is 0.0716 e. The lowest BCUT2D eigenvalue weighted by Gasteiger charge is -2.51. The zero-order valence-corrected chi connectivity index (χ0v) is 28.4. The Kier molecular flexibility index (Phi) is 6.82. The number of hydrogen-bond acceptors (Lipinski definition) is 1. The van der Waals surface area contributed by atoms with Crippen LogP contribution in [0.2, 0.25) is 0 Å². The van der Waals surface area contributed by atoms with Gasteiger partial charge in [0.25, 0.3) is 0 Å². The molecule has 0 bridgehead atoms. The van der Waals surface area contributed by atoms with Gasteiger partial charge in [-0.1, -0.05) is 164 Å². The summed E-state index contributed by atoms with van der Waals surface area (Å²) in [7, 11) is 0. The molecule has 0 radical (unpaired) electrons. The number of para-hydroxylation sites is 2. The Morgan fingerprint density at radius 3 is 1.49 bits per heavy atom. The van der Waals surface area contributed by atoms with E-state index in [-0.39, 0.29) is 0 Å². The van der Waals surface area contributed by atoms with Crippen LogP contribution in [0, 0.1) is 0 Å². The molecule has 0 saturated carbocycles. The maximum atomic E-state index is 2.52. The lowest BCUT2D eigenvalue weighted by molar-refractivity contribution is 0.588. The minimum absolute atomic E-state index is 0.411. The molecule has 0 aliphatic heterocycles. The molecule has 7 aromatic rings. The molecule has 242 valence electrons. The van der Waals surface area contributed by atoms with Crippen molar-refractivity contribution in [2.24, 2.45) is 0 Å². The highest BCUT2D eigenvalue weighted by atomic mass is 15.1. The van der Waals surface area contributed by atoms with Gasteiger partial charge < -0.3 is 4.90 Å². The Morgan fingerprint density at radius 2 is 0.863 bits per heavy atom. The molecule has 7 aromatic carbocycles. The Labute approximate surface area is 300 Å². The predicted octanol–water partition coefficient (Wildman–Crippen LogP) is 12.3. The molecule has 0 N–H and O–H groups in total. The quantitative estimate of drug-likeness (QED) is 0.173. The summed E-state index contributed by atoms with van der Waals surface area (Å²) in [4.78, 5) is 2.39. The molecule has 0 amide bonds. The van der Waals surface area contributed by atoms with E-state index in [0.29, 0.717) is 0 Å². The topological polar surface area (TPSA) is 3.24 Å². The van der Waals surface area contributed by atoms with Gasteiger partial charge in [-0.15, -0.1) is 0 Å². The molecule has 51 heavy (non-hydrogen) atoms. The summed E-state index contributed by atoms with van der Waals surface area (Å²) in [5, 5.41) is 0. The van der Waals surface area contributed by atoms with Gasteiger partial charge in [0.2, 0.25) is 0 Å². The number of rotatable bonds is 6. The van der Waals surface area contributed by atoms with Crippen molar-refractivity contribution < 1.29 is 0 Å². The summed E-state index contributed by atoms with van der Waals surface area (Å²) in [6, 6.07) is 72.0. The third kappa shape index (κ3) is 4.15. The van der Waals surface area contributed by atoms with Gasteiger partial charge in [0.05, 0.1) is 10.8 Å². The SMILES string of the molecule is C1=C2C3=C(CC1)C(c1ccccc1)(c1cccc(N(c4ccccc4)c4ccccc4)c1)c1ccccc1C3(c1ccccc1)c1ccccc12. The van der Waals surface area contributed by atoms with Crippen LogP contribution in [0.3, 0.4) is 0 Å². The van der Waals surface area contributed by atoms with E-state index in [2.05, 4.69) is 205 Å². The number of nitrogens with zero attached hydrogens (tertiary/aromatic N) is 1. The van der Waals surface area contributed by atoms with Crippen LogP contribution in [0.4, 0.5) is 17.1 Å². The minimum Gasteiger partial charge on any atom is -0.310 e. The van der Waals surface area contributed by atoms with Gasteiger partial charge in [0, 0.05) is 17.1 Å². The molecule has 0 heterocycles. The average molecular weight is 652 g/mol. The van der Waals surface area contributed by atoms with Gasteiger partial charge >= 0.3 is 0 Å². The van der Waals surface area contributed by atoms with E-state index in [1.165, 1.54) is 55.7 Å². The van der Waals surface area contributed by atoms with Gasteiger partial charge in [-0.25, -0.2) is 0 Å². The molecule has 2 atom stereocenters. The van der Waals surface area contributed by atoms with Crippen LogP contribution in [0.25, 0.3) is 5.57 Å². The second-order valence-corrected chi connectivity index (χ2v) is 13.9. The normalized spacial score (nSPS) is 19.8. The second kappa shape index (κ2) is 11.7. The van der Waals surface area contributed by atoms with E-state index < -0.39 is 10.8 Å². The van der Waals surface area contributed by atoms with Crippen LogP contribution < -0.4 is 4.90 Å². The molecule has 0 saturated heterocycles. The second-order valence-electron chi connectivity index (χ2n) is 13.9. The molecule has 0 fully saturated rings. The third-order valence-electron chi connectivity index (χ3n) is 11.5. The van der Waals surface area contributed by atoms with Crippen molar-refractivity contribution in [3.05, 3.63) is 250 Å². The first-order chi connectivity index (χ1) is 25.3. The lowest BCUT2D eigenvalue weighted by Crippen LogP contribution is -2.45. The highest BCUT2D eigenvalue weighted by Crippen LogP contribution is 2.68. The number of allylic oxidation sites excluding steroid dienone is 4. The number of fused-ring (bicyclic) bond motifs is 5. The van der Waals surface area contributed by atoms with Gasteiger partial charge in [0.1, 0.15) is 0 Å². The fourth-order valence-corrected chi connectivity index (χ4v) is 9.69. The minimum atomic E-state index is -0.512. The average Bonchev–Trinajstić information content (AvgIpc) is 3.52. The predicted molar refractivity (Wildman–Crippen MR) is 211 cm³/mol. The Balaban J connectivity index is 1.34. The van der Waals surface area contributed by atoms with Crippen LogP contribution in [-0.4, -0.2) is 0 Å². The van der Waals surface area contributed by atoms with Gasteiger partial charge in [-0.2, -0.15) is 0 Å². The zero-order valence-electron chi connectivity index (χ0n) is 28.4. The van der Waals surface area contributed by atoms with Crippen LogP contribution in [0.15, 0.2) is 211 Å². The van der Waals surface area contributed by atoms with Crippen molar-refractivity contribution in [1.29, 1.82) is 0 Å². The summed E-state index contributed by atoms with van der Waals surface area (Å²) < 4.78 is 0. The van der Waals surface area contributed by atoms with E-state index >= 15 is 0 Å². The van der Waals surface area contributed by atoms with Crippen molar-refractivity contribution in [3.8, 4) is 0 Å². The molecular weight excluding hydrogens is 615 g/mol. The molecule has 1 heteroatoms. The monoisotopic (exact) mass is 651 g/mol. The molecule has 0 aromatic heterocycles. The number of anilines is 3. The first kappa shape index (κ1) is 29.7. The van der Waals surface area contributed by atoms with E-state index in [9.17, 15) is 0 Å². The van der Waals surface area contributed by atoms with E-state index in [0.717, 1.165) is 29.9 Å². The smallest absolute Gasteiger partial charge is 0.0716 e. The first-order valence-corrected chi connectivity index (χ1v) is 18.1. The summed E-state index contributed by atoms with van der Waals surface area (Å²) in [5.41, 5.74) is 16.3. The molecule has 10 rings (SSSR count). The summed E-state index contributed by atoms with van der Waals surface area (Å²) in [6.45, 7) is 0. The standard InChI is InChI=1S/C50H37N/c1-5-19-36(20-6-1)49(38-23-17-28-41(35-38)51(39-24-9-3-10-25-39)40-26-11-4-12-27-40)45-32-15-16-33-46(45)50(37-21-7-2-8-22-37)44-31-14-13-29-42(44)43-30-18-34-47(49)48(43)50/h1-17,19-33,35H,18,34H2. The zero-order chi connectivity index (χ0) is 33.8. The van der Waals surface area contributed by atoms with Crippen molar-refractivity contribution >= 4 is 22.6 Å². The Morgan fingerprint density at radius 1 is 0.392 bits per heavy atom. The first-order valence-electron chi connectivity index (χ1n) is 18.1. The van der Waals surface area contributed by atoms with E-state index in [1.54, 1.807) is 0 Å².